The van der Waals surface area contributed by atoms with Gasteiger partial charge in [-0.1, -0.05) is 23.7 Å². The van der Waals surface area contributed by atoms with Gasteiger partial charge in [-0.2, -0.15) is 0 Å². The number of carbonyl (C=O) groups is 1. The van der Waals surface area contributed by atoms with Crippen molar-refractivity contribution in [2.24, 2.45) is 5.92 Å². The molecule has 2 fully saturated rings. The number of carbonyl (C=O) groups excluding carboxylic acids is 1. The molecule has 0 radical (unpaired) electrons. The molecule has 2 aliphatic rings. The first kappa shape index (κ1) is 17.7. The van der Waals surface area contributed by atoms with Gasteiger partial charge in [0, 0.05) is 49.2 Å². The van der Waals surface area contributed by atoms with Gasteiger partial charge in [-0.15, -0.1) is 0 Å². The lowest BCUT2D eigenvalue weighted by molar-refractivity contribution is -0.123. The van der Waals surface area contributed by atoms with Crippen molar-refractivity contribution in [1.82, 2.24) is 15.1 Å². The summed E-state index contributed by atoms with van der Waals surface area (Å²) in [6, 6.07) is 7.88. The second-order valence-electron chi connectivity index (χ2n) is 7.82. The second kappa shape index (κ2) is 7.03. The summed E-state index contributed by atoms with van der Waals surface area (Å²) in [7, 11) is 2.16. The summed E-state index contributed by atoms with van der Waals surface area (Å²) in [6.07, 6.45) is 0.932. The Labute approximate surface area is 150 Å². The van der Waals surface area contributed by atoms with Crippen LogP contribution in [0.4, 0.5) is 0 Å². The summed E-state index contributed by atoms with van der Waals surface area (Å²) in [6.45, 7) is 9.46. The Morgan fingerprint density at radius 3 is 2.67 bits per heavy atom. The number of nitrogens with zero attached hydrogens (tertiary/aromatic N) is 2. The van der Waals surface area contributed by atoms with Crippen LogP contribution in [0.5, 0.6) is 0 Å². The van der Waals surface area contributed by atoms with E-state index in [4.69, 9.17) is 11.6 Å². The van der Waals surface area contributed by atoms with Gasteiger partial charge in [-0.05, 0) is 50.9 Å². The topological polar surface area (TPSA) is 35.6 Å². The van der Waals surface area contributed by atoms with Gasteiger partial charge >= 0.3 is 0 Å². The molecule has 1 aromatic carbocycles. The Hall–Kier alpha value is -1.10. The third-order valence-corrected chi connectivity index (χ3v) is 5.69. The molecule has 0 spiro atoms. The Balaban J connectivity index is 1.49. The molecular weight excluding hydrogens is 322 g/mol. The number of amides is 1. The first-order chi connectivity index (χ1) is 11.4. The van der Waals surface area contributed by atoms with Crippen LogP contribution < -0.4 is 5.32 Å². The van der Waals surface area contributed by atoms with Crippen molar-refractivity contribution >= 4 is 17.5 Å². The van der Waals surface area contributed by atoms with Crippen LogP contribution >= 0.6 is 11.6 Å². The number of benzene rings is 1. The molecule has 1 aliphatic heterocycles. The molecule has 0 bridgehead atoms. The third kappa shape index (κ3) is 4.11. The van der Waals surface area contributed by atoms with Gasteiger partial charge in [0.05, 0.1) is 0 Å². The summed E-state index contributed by atoms with van der Waals surface area (Å²) in [4.78, 5) is 17.3. The Bertz CT molecular complexity index is 596. The van der Waals surface area contributed by atoms with Crippen molar-refractivity contribution in [2.45, 2.75) is 31.7 Å². The zero-order valence-corrected chi connectivity index (χ0v) is 15.6. The van der Waals surface area contributed by atoms with E-state index >= 15 is 0 Å². The van der Waals surface area contributed by atoms with Crippen LogP contribution in [-0.4, -0.2) is 61.0 Å². The van der Waals surface area contributed by atoms with Crippen LogP contribution in [0.15, 0.2) is 24.3 Å². The maximum atomic E-state index is 12.5. The number of hydrogen-bond donors (Lipinski definition) is 1. The predicted octanol–water partition coefficient (Wildman–Crippen LogP) is 2.59. The van der Waals surface area contributed by atoms with E-state index in [0.29, 0.717) is 12.5 Å². The van der Waals surface area contributed by atoms with Crippen molar-refractivity contribution < 1.29 is 4.79 Å². The van der Waals surface area contributed by atoms with E-state index in [9.17, 15) is 4.79 Å². The monoisotopic (exact) mass is 349 g/mol. The molecule has 1 aliphatic carbocycles. The molecule has 1 saturated heterocycles. The fourth-order valence-corrected chi connectivity index (χ4v) is 3.75. The number of nitrogens with one attached hydrogen (secondary N) is 1. The van der Waals surface area contributed by atoms with Crippen LogP contribution in [-0.2, 0) is 4.79 Å². The van der Waals surface area contributed by atoms with Crippen molar-refractivity contribution in [3.05, 3.63) is 34.9 Å². The number of halogens is 1. The van der Waals surface area contributed by atoms with Gasteiger partial charge in [0.15, 0.2) is 0 Å². The molecule has 2 atom stereocenters. The number of likely N-dealkylation sites (N-methyl/N-ethyl adjacent to an activating group) is 1. The zero-order chi connectivity index (χ0) is 17.3. The van der Waals surface area contributed by atoms with E-state index < -0.39 is 0 Å². The van der Waals surface area contributed by atoms with Gasteiger partial charge < -0.3 is 10.2 Å². The smallest absolute Gasteiger partial charge is 0.223 e. The first-order valence-corrected chi connectivity index (χ1v) is 9.21. The van der Waals surface area contributed by atoms with Crippen LogP contribution in [0.25, 0.3) is 0 Å². The molecule has 0 aromatic heterocycles. The number of piperazine rings is 1. The highest BCUT2D eigenvalue weighted by atomic mass is 35.5. The molecule has 132 valence electrons. The Morgan fingerprint density at radius 1 is 1.29 bits per heavy atom. The van der Waals surface area contributed by atoms with Crippen LogP contribution in [0.2, 0.25) is 5.02 Å². The Morgan fingerprint density at radius 2 is 2.00 bits per heavy atom. The second-order valence-corrected chi connectivity index (χ2v) is 8.26. The molecule has 1 heterocycles. The lowest BCUT2D eigenvalue weighted by Crippen LogP contribution is -2.57. The maximum absolute atomic E-state index is 12.5. The highest BCUT2D eigenvalue weighted by Crippen LogP contribution is 2.47. The minimum Gasteiger partial charge on any atom is -0.354 e. The van der Waals surface area contributed by atoms with Crippen LogP contribution in [0.1, 0.15) is 31.7 Å². The van der Waals surface area contributed by atoms with Gasteiger partial charge in [0.25, 0.3) is 0 Å². The summed E-state index contributed by atoms with van der Waals surface area (Å²) in [5, 5.41) is 3.93. The standard InChI is InChI=1S/C19H28ClN3O/c1-19(2,23-9-7-22(3)8-10-23)13-21-18(24)17-12-16(17)14-5-4-6-15(20)11-14/h4-6,11,16-17H,7-10,12-13H2,1-3H3,(H,21,24)/t16-,17-/m1/s1. The molecule has 24 heavy (non-hydrogen) atoms. The fourth-order valence-electron chi connectivity index (χ4n) is 3.55. The molecule has 0 unspecified atom stereocenters. The van der Waals surface area contributed by atoms with E-state index in [-0.39, 0.29) is 17.4 Å². The minimum absolute atomic E-state index is 0.00262. The lowest BCUT2D eigenvalue weighted by Gasteiger charge is -2.43. The van der Waals surface area contributed by atoms with Crippen molar-refractivity contribution in [1.29, 1.82) is 0 Å². The van der Waals surface area contributed by atoms with E-state index in [0.717, 1.165) is 37.6 Å². The Kier molecular flexibility index (Phi) is 5.19. The van der Waals surface area contributed by atoms with Crippen molar-refractivity contribution in [3.63, 3.8) is 0 Å². The average molecular weight is 350 g/mol. The van der Waals surface area contributed by atoms with Crippen molar-refractivity contribution in [3.8, 4) is 0 Å². The molecule has 1 saturated carbocycles. The summed E-state index contributed by atoms with van der Waals surface area (Å²) in [5.41, 5.74) is 1.18. The first-order valence-electron chi connectivity index (χ1n) is 8.83. The highest BCUT2D eigenvalue weighted by Gasteiger charge is 2.44. The molecule has 1 aromatic rings. The number of rotatable bonds is 5. The zero-order valence-electron chi connectivity index (χ0n) is 14.9. The highest BCUT2D eigenvalue weighted by molar-refractivity contribution is 6.30. The quantitative estimate of drug-likeness (QED) is 0.887. The van der Waals surface area contributed by atoms with E-state index in [1.54, 1.807) is 0 Å². The molecule has 3 rings (SSSR count). The van der Waals surface area contributed by atoms with Crippen LogP contribution in [0, 0.1) is 5.92 Å². The van der Waals surface area contributed by atoms with Gasteiger partial charge in [0.1, 0.15) is 0 Å². The largest absolute Gasteiger partial charge is 0.354 e. The minimum atomic E-state index is -0.00262. The van der Waals surface area contributed by atoms with E-state index in [1.165, 1.54) is 5.56 Å². The summed E-state index contributed by atoms with van der Waals surface area (Å²) < 4.78 is 0. The molecular formula is C19H28ClN3O. The predicted molar refractivity (Wildman–Crippen MR) is 98.5 cm³/mol. The molecule has 1 amide bonds. The molecule has 1 N–H and O–H groups in total. The lowest BCUT2D eigenvalue weighted by atomic mass is 10.0. The van der Waals surface area contributed by atoms with E-state index in [2.05, 4.69) is 42.1 Å². The summed E-state index contributed by atoms with van der Waals surface area (Å²) >= 11 is 6.05. The van der Waals surface area contributed by atoms with Gasteiger partial charge in [-0.3, -0.25) is 9.69 Å². The van der Waals surface area contributed by atoms with Crippen molar-refractivity contribution in [2.75, 3.05) is 39.8 Å². The molecule has 5 heteroatoms. The normalized spacial score (nSPS) is 25.5. The molecule has 4 nitrogen and oxygen atoms in total. The third-order valence-electron chi connectivity index (χ3n) is 5.46. The van der Waals surface area contributed by atoms with Gasteiger partial charge in [-0.25, -0.2) is 0 Å². The average Bonchev–Trinajstić information content (AvgIpc) is 3.34. The maximum Gasteiger partial charge on any atom is 0.223 e. The number of hydrogen-bond acceptors (Lipinski definition) is 3. The summed E-state index contributed by atoms with van der Waals surface area (Å²) in [5.74, 6) is 0.615. The van der Waals surface area contributed by atoms with E-state index in [1.807, 2.05) is 18.2 Å². The van der Waals surface area contributed by atoms with Gasteiger partial charge in [0.2, 0.25) is 5.91 Å². The SMILES string of the molecule is CN1CCN(C(C)(C)CNC(=O)[C@@H]2C[C@@H]2c2cccc(Cl)c2)CC1. The van der Waals surface area contributed by atoms with Crippen LogP contribution in [0.3, 0.4) is 0 Å². The fraction of sp³-hybridized carbons (Fsp3) is 0.632.